The summed E-state index contributed by atoms with van der Waals surface area (Å²) in [7, 11) is 0. The summed E-state index contributed by atoms with van der Waals surface area (Å²) in [5.41, 5.74) is 6.76. The van der Waals surface area contributed by atoms with Crippen LogP contribution in [0.3, 0.4) is 0 Å². The van der Waals surface area contributed by atoms with E-state index in [1.807, 2.05) is 6.92 Å². The van der Waals surface area contributed by atoms with Gasteiger partial charge in [0, 0.05) is 0 Å². The number of nitrogens with two attached hydrogens (primary N) is 1. The lowest BCUT2D eigenvalue weighted by molar-refractivity contribution is -0.123. The van der Waals surface area contributed by atoms with E-state index in [0.29, 0.717) is 0 Å². The second-order valence-electron chi connectivity index (χ2n) is 5.25. The number of piperidine rings is 1. The van der Waals surface area contributed by atoms with Gasteiger partial charge in [-0.1, -0.05) is 30.3 Å². The molecule has 1 amide bonds. The molecule has 1 aromatic carbocycles. The zero-order chi connectivity index (χ0) is 13.0. The molecule has 0 unspecified atom stereocenters. The highest BCUT2D eigenvalue weighted by Crippen LogP contribution is 2.22. The van der Waals surface area contributed by atoms with E-state index in [9.17, 15) is 4.79 Å². The van der Waals surface area contributed by atoms with Gasteiger partial charge in [-0.15, -0.1) is 0 Å². The van der Waals surface area contributed by atoms with Crippen LogP contribution < -0.4 is 5.73 Å². The summed E-state index contributed by atoms with van der Waals surface area (Å²) in [6, 6.07) is 10.5. The lowest BCUT2D eigenvalue weighted by Gasteiger charge is -2.34. The topological polar surface area (TPSA) is 46.3 Å². The molecular weight excluding hydrogens is 224 g/mol. The number of amides is 1. The van der Waals surface area contributed by atoms with Crippen LogP contribution in [-0.4, -0.2) is 29.9 Å². The molecule has 3 heteroatoms. The maximum atomic E-state index is 11.2. The van der Waals surface area contributed by atoms with E-state index in [0.717, 1.165) is 38.3 Å². The van der Waals surface area contributed by atoms with E-state index in [-0.39, 0.29) is 11.9 Å². The summed E-state index contributed by atoms with van der Waals surface area (Å²) >= 11 is 0. The first-order valence-corrected chi connectivity index (χ1v) is 6.74. The maximum Gasteiger partial charge on any atom is 0.234 e. The van der Waals surface area contributed by atoms with Crippen LogP contribution in [0.1, 0.15) is 25.3 Å². The van der Waals surface area contributed by atoms with Crippen molar-refractivity contribution < 1.29 is 4.79 Å². The minimum Gasteiger partial charge on any atom is -0.368 e. The number of rotatable bonds is 4. The van der Waals surface area contributed by atoms with Gasteiger partial charge < -0.3 is 5.73 Å². The normalized spacial score (nSPS) is 19.6. The Hall–Kier alpha value is -1.35. The molecule has 2 N–H and O–H groups in total. The summed E-state index contributed by atoms with van der Waals surface area (Å²) in [5.74, 6) is 0.528. The van der Waals surface area contributed by atoms with E-state index in [4.69, 9.17) is 5.73 Å². The molecule has 2 rings (SSSR count). The number of nitrogens with zero attached hydrogens (tertiary/aromatic N) is 1. The Kier molecular flexibility index (Phi) is 4.37. The second-order valence-corrected chi connectivity index (χ2v) is 5.25. The molecule has 1 aliphatic rings. The van der Waals surface area contributed by atoms with Crippen LogP contribution in [0.2, 0.25) is 0 Å². The van der Waals surface area contributed by atoms with E-state index in [2.05, 4.69) is 35.2 Å². The Morgan fingerprint density at radius 1 is 1.33 bits per heavy atom. The highest BCUT2D eigenvalue weighted by Gasteiger charge is 2.25. The van der Waals surface area contributed by atoms with E-state index < -0.39 is 0 Å². The van der Waals surface area contributed by atoms with Crippen molar-refractivity contribution in [1.82, 2.24) is 4.90 Å². The number of hydrogen-bond donors (Lipinski definition) is 1. The van der Waals surface area contributed by atoms with Crippen LogP contribution in [0.25, 0.3) is 0 Å². The van der Waals surface area contributed by atoms with Crippen molar-refractivity contribution in [2.75, 3.05) is 13.1 Å². The average Bonchev–Trinajstić information content (AvgIpc) is 2.40. The zero-order valence-corrected chi connectivity index (χ0v) is 11.0. The Bertz CT molecular complexity index is 383. The fraction of sp³-hybridized carbons (Fsp3) is 0.533. The van der Waals surface area contributed by atoms with Gasteiger partial charge in [-0.25, -0.2) is 0 Å². The molecule has 0 aromatic heterocycles. The van der Waals surface area contributed by atoms with Gasteiger partial charge in [0.2, 0.25) is 5.91 Å². The minimum absolute atomic E-state index is 0.123. The smallest absolute Gasteiger partial charge is 0.234 e. The van der Waals surface area contributed by atoms with Crippen molar-refractivity contribution in [1.29, 1.82) is 0 Å². The highest BCUT2D eigenvalue weighted by molar-refractivity contribution is 5.79. The first-order valence-electron chi connectivity index (χ1n) is 6.74. The lowest BCUT2D eigenvalue weighted by atomic mass is 9.89. The number of hydrogen-bond acceptors (Lipinski definition) is 2. The number of likely N-dealkylation sites (tertiary alicyclic amines) is 1. The molecule has 0 spiro atoms. The van der Waals surface area contributed by atoms with Gasteiger partial charge in [0.05, 0.1) is 6.04 Å². The van der Waals surface area contributed by atoms with Gasteiger partial charge in [-0.05, 0) is 50.8 Å². The van der Waals surface area contributed by atoms with Gasteiger partial charge in [0.25, 0.3) is 0 Å². The summed E-state index contributed by atoms with van der Waals surface area (Å²) in [6.07, 6.45) is 3.47. The first-order chi connectivity index (χ1) is 8.66. The predicted octanol–water partition coefficient (Wildman–Crippen LogP) is 1.81. The standard InChI is InChI=1S/C15H22N2O/c1-12(15(16)18)17-9-7-14(8-10-17)11-13-5-3-2-4-6-13/h2-6,12,14H,7-11H2,1H3,(H2,16,18)/t12-/m0/s1. The summed E-state index contributed by atoms with van der Waals surface area (Å²) in [4.78, 5) is 13.3. The van der Waals surface area contributed by atoms with Crippen LogP contribution in [0.4, 0.5) is 0 Å². The van der Waals surface area contributed by atoms with Crippen molar-refractivity contribution in [2.45, 2.75) is 32.2 Å². The molecule has 0 bridgehead atoms. The molecule has 1 saturated heterocycles. The Morgan fingerprint density at radius 3 is 2.50 bits per heavy atom. The maximum absolute atomic E-state index is 11.2. The molecule has 1 atom stereocenters. The summed E-state index contributed by atoms with van der Waals surface area (Å²) in [6.45, 7) is 3.88. The lowest BCUT2D eigenvalue weighted by Crippen LogP contribution is -2.46. The van der Waals surface area contributed by atoms with Crippen molar-refractivity contribution >= 4 is 5.91 Å². The molecular formula is C15H22N2O. The van der Waals surface area contributed by atoms with E-state index >= 15 is 0 Å². The third kappa shape index (κ3) is 3.33. The van der Waals surface area contributed by atoms with Crippen molar-refractivity contribution in [3.8, 4) is 0 Å². The molecule has 1 aromatic rings. The van der Waals surface area contributed by atoms with Crippen LogP contribution >= 0.6 is 0 Å². The zero-order valence-electron chi connectivity index (χ0n) is 11.0. The quantitative estimate of drug-likeness (QED) is 0.880. The fourth-order valence-electron chi connectivity index (χ4n) is 2.67. The third-order valence-electron chi connectivity index (χ3n) is 3.98. The Labute approximate surface area is 109 Å². The molecule has 1 aliphatic heterocycles. The van der Waals surface area contributed by atoms with Gasteiger partial charge in [-0.2, -0.15) is 0 Å². The Morgan fingerprint density at radius 2 is 1.94 bits per heavy atom. The van der Waals surface area contributed by atoms with Crippen LogP contribution in [0, 0.1) is 5.92 Å². The largest absolute Gasteiger partial charge is 0.368 e. The number of carbonyl (C=O) groups is 1. The molecule has 98 valence electrons. The number of carbonyl (C=O) groups excluding carboxylic acids is 1. The van der Waals surface area contributed by atoms with Gasteiger partial charge in [-0.3, -0.25) is 9.69 Å². The summed E-state index contributed by atoms with van der Waals surface area (Å²) in [5, 5.41) is 0. The molecule has 0 saturated carbocycles. The van der Waals surface area contributed by atoms with Crippen molar-refractivity contribution in [3.63, 3.8) is 0 Å². The second kappa shape index (κ2) is 6.01. The number of primary amides is 1. The van der Waals surface area contributed by atoms with Gasteiger partial charge >= 0.3 is 0 Å². The molecule has 1 heterocycles. The summed E-state index contributed by atoms with van der Waals surface area (Å²) < 4.78 is 0. The average molecular weight is 246 g/mol. The number of benzene rings is 1. The van der Waals surface area contributed by atoms with E-state index in [1.165, 1.54) is 5.56 Å². The van der Waals surface area contributed by atoms with E-state index in [1.54, 1.807) is 0 Å². The molecule has 3 nitrogen and oxygen atoms in total. The van der Waals surface area contributed by atoms with Crippen LogP contribution in [0.15, 0.2) is 30.3 Å². The first kappa shape index (κ1) is 13.1. The van der Waals surface area contributed by atoms with Crippen molar-refractivity contribution in [3.05, 3.63) is 35.9 Å². The van der Waals surface area contributed by atoms with Gasteiger partial charge in [0.1, 0.15) is 0 Å². The molecule has 18 heavy (non-hydrogen) atoms. The monoisotopic (exact) mass is 246 g/mol. The van der Waals surface area contributed by atoms with Crippen LogP contribution in [-0.2, 0) is 11.2 Å². The third-order valence-corrected chi connectivity index (χ3v) is 3.98. The molecule has 0 aliphatic carbocycles. The van der Waals surface area contributed by atoms with Crippen molar-refractivity contribution in [2.24, 2.45) is 11.7 Å². The molecule has 1 fully saturated rings. The predicted molar refractivity (Wildman–Crippen MR) is 73.1 cm³/mol. The molecule has 0 radical (unpaired) electrons. The van der Waals surface area contributed by atoms with Gasteiger partial charge in [0.15, 0.2) is 0 Å². The van der Waals surface area contributed by atoms with Crippen LogP contribution in [0.5, 0.6) is 0 Å². The SMILES string of the molecule is C[C@@H](C(N)=O)N1CCC(Cc2ccccc2)CC1. The minimum atomic E-state index is -0.212. The Balaban J connectivity index is 1.82. The highest BCUT2D eigenvalue weighted by atomic mass is 16.1. The fourth-order valence-corrected chi connectivity index (χ4v) is 2.67.